The number of anilines is 1. The molecule has 0 spiro atoms. The minimum absolute atomic E-state index is 0.201. The first-order valence-electron chi connectivity index (χ1n) is 7.01. The second-order valence-electron chi connectivity index (χ2n) is 4.80. The standard InChI is InChI=1S/C17H14ClN3O2/c18-13-6-8-14(9-7-13)21-17(22)20-11-16-19-10-15(23-16)12-4-2-1-3-5-12/h1-10H,11H2,(H2,20,21,22). The van der Waals surface area contributed by atoms with Gasteiger partial charge in [-0.2, -0.15) is 0 Å². The number of oxazole rings is 1. The Morgan fingerprint density at radius 3 is 2.57 bits per heavy atom. The Morgan fingerprint density at radius 2 is 1.83 bits per heavy atom. The first kappa shape index (κ1) is 15.1. The van der Waals surface area contributed by atoms with Gasteiger partial charge in [0.1, 0.15) is 0 Å². The number of carbonyl (C=O) groups is 1. The summed E-state index contributed by atoms with van der Waals surface area (Å²) in [6.45, 7) is 0.201. The van der Waals surface area contributed by atoms with Crippen molar-refractivity contribution in [1.29, 1.82) is 0 Å². The maximum Gasteiger partial charge on any atom is 0.319 e. The largest absolute Gasteiger partial charge is 0.439 e. The molecule has 0 saturated heterocycles. The van der Waals surface area contributed by atoms with Gasteiger partial charge in [0.25, 0.3) is 0 Å². The molecule has 3 rings (SSSR count). The molecular formula is C17H14ClN3O2. The van der Waals surface area contributed by atoms with Gasteiger partial charge in [-0.3, -0.25) is 0 Å². The average Bonchev–Trinajstić information content (AvgIpc) is 3.05. The van der Waals surface area contributed by atoms with Crippen LogP contribution >= 0.6 is 11.6 Å². The van der Waals surface area contributed by atoms with Gasteiger partial charge in [0.05, 0.1) is 12.7 Å². The Balaban J connectivity index is 1.55. The maximum absolute atomic E-state index is 11.8. The second kappa shape index (κ2) is 6.98. The number of amides is 2. The van der Waals surface area contributed by atoms with Crippen LogP contribution < -0.4 is 10.6 Å². The summed E-state index contributed by atoms with van der Waals surface area (Å²) in [5, 5.41) is 6.00. The first-order chi connectivity index (χ1) is 11.2. The third-order valence-electron chi connectivity index (χ3n) is 3.11. The lowest BCUT2D eigenvalue weighted by atomic mass is 10.2. The summed E-state index contributed by atoms with van der Waals surface area (Å²) in [7, 11) is 0. The molecule has 0 saturated carbocycles. The van der Waals surface area contributed by atoms with E-state index in [4.69, 9.17) is 16.0 Å². The molecule has 2 N–H and O–H groups in total. The van der Waals surface area contributed by atoms with Crippen LogP contribution in [0.3, 0.4) is 0 Å². The molecule has 116 valence electrons. The van der Waals surface area contributed by atoms with Crippen molar-refractivity contribution >= 4 is 23.3 Å². The zero-order chi connectivity index (χ0) is 16.1. The van der Waals surface area contributed by atoms with Crippen molar-refractivity contribution in [1.82, 2.24) is 10.3 Å². The van der Waals surface area contributed by atoms with Crippen molar-refractivity contribution in [2.24, 2.45) is 0 Å². The van der Waals surface area contributed by atoms with Gasteiger partial charge in [0.15, 0.2) is 5.76 Å². The molecule has 0 atom stereocenters. The summed E-state index contributed by atoms with van der Waals surface area (Å²) in [5.74, 6) is 1.11. The third kappa shape index (κ3) is 4.11. The molecule has 0 fully saturated rings. The number of nitrogens with zero attached hydrogens (tertiary/aromatic N) is 1. The zero-order valence-corrected chi connectivity index (χ0v) is 12.9. The van der Waals surface area contributed by atoms with Crippen LogP contribution in [0.5, 0.6) is 0 Å². The van der Waals surface area contributed by atoms with Crippen molar-refractivity contribution in [3.05, 3.63) is 71.7 Å². The van der Waals surface area contributed by atoms with E-state index in [9.17, 15) is 4.79 Å². The van der Waals surface area contributed by atoms with Crippen LogP contribution in [-0.2, 0) is 6.54 Å². The van der Waals surface area contributed by atoms with Crippen molar-refractivity contribution < 1.29 is 9.21 Å². The topological polar surface area (TPSA) is 67.2 Å². The van der Waals surface area contributed by atoms with Crippen molar-refractivity contribution in [2.75, 3.05) is 5.32 Å². The van der Waals surface area contributed by atoms with Crippen molar-refractivity contribution in [3.63, 3.8) is 0 Å². The van der Waals surface area contributed by atoms with E-state index in [1.54, 1.807) is 30.5 Å². The van der Waals surface area contributed by atoms with Crippen LogP contribution in [0.4, 0.5) is 10.5 Å². The minimum Gasteiger partial charge on any atom is -0.439 e. The van der Waals surface area contributed by atoms with Crippen molar-refractivity contribution in [2.45, 2.75) is 6.54 Å². The fourth-order valence-corrected chi connectivity index (χ4v) is 2.12. The number of urea groups is 1. The Bertz CT molecular complexity index is 785. The molecule has 0 radical (unpaired) electrons. The smallest absolute Gasteiger partial charge is 0.319 e. The number of halogens is 1. The number of nitrogens with one attached hydrogen (secondary N) is 2. The SMILES string of the molecule is O=C(NCc1ncc(-c2ccccc2)o1)Nc1ccc(Cl)cc1. The van der Waals surface area contributed by atoms with Gasteiger partial charge >= 0.3 is 6.03 Å². The average molecular weight is 328 g/mol. The molecule has 0 aliphatic carbocycles. The van der Waals surface area contributed by atoms with E-state index in [0.29, 0.717) is 22.4 Å². The summed E-state index contributed by atoms with van der Waals surface area (Å²) >= 11 is 5.79. The predicted octanol–water partition coefficient (Wildman–Crippen LogP) is 4.32. The van der Waals surface area contributed by atoms with Gasteiger partial charge in [0, 0.05) is 16.3 Å². The van der Waals surface area contributed by atoms with Gasteiger partial charge in [-0.05, 0) is 24.3 Å². The Labute approximate surface area is 138 Å². The van der Waals surface area contributed by atoms with Gasteiger partial charge in [-0.15, -0.1) is 0 Å². The summed E-state index contributed by atoms with van der Waals surface area (Å²) in [6.07, 6.45) is 1.64. The highest BCUT2D eigenvalue weighted by atomic mass is 35.5. The van der Waals surface area contributed by atoms with Crippen LogP contribution in [0.15, 0.2) is 65.2 Å². The van der Waals surface area contributed by atoms with Crippen molar-refractivity contribution in [3.8, 4) is 11.3 Å². The fourth-order valence-electron chi connectivity index (χ4n) is 1.99. The highest BCUT2D eigenvalue weighted by Crippen LogP contribution is 2.19. The van der Waals surface area contributed by atoms with Crippen LogP contribution in [0, 0.1) is 0 Å². The molecule has 0 aliphatic heterocycles. The summed E-state index contributed by atoms with van der Waals surface area (Å²) in [4.78, 5) is 16.0. The lowest BCUT2D eigenvalue weighted by Gasteiger charge is -2.06. The van der Waals surface area contributed by atoms with E-state index in [1.807, 2.05) is 30.3 Å². The van der Waals surface area contributed by atoms with Crippen LogP contribution in [0.25, 0.3) is 11.3 Å². The molecule has 6 heteroatoms. The predicted molar refractivity (Wildman–Crippen MR) is 89.2 cm³/mol. The molecule has 2 amide bonds. The van der Waals surface area contributed by atoms with Gasteiger partial charge < -0.3 is 15.1 Å². The third-order valence-corrected chi connectivity index (χ3v) is 3.37. The number of aromatic nitrogens is 1. The van der Waals surface area contributed by atoms with E-state index in [0.717, 1.165) is 5.56 Å². The van der Waals surface area contributed by atoms with Crippen LogP contribution in [0.2, 0.25) is 5.02 Å². The van der Waals surface area contributed by atoms with Crippen LogP contribution in [-0.4, -0.2) is 11.0 Å². The molecule has 0 bridgehead atoms. The maximum atomic E-state index is 11.8. The molecule has 23 heavy (non-hydrogen) atoms. The molecular weight excluding hydrogens is 314 g/mol. The number of carbonyl (C=O) groups excluding carboxylic acids is 1. The lowest BCUT2D eigenvalue weighted by molar-refractivity contribution is 0.250. The number of benzene rings is 2. The number of hydrogen-bond donors (Lipinski definition) is 2. The van der Waals surface area contributed by atoms with E-state index in [-0.39, 0.29) is 12.6 Å². The van der Waals surface area contributed by atoms with E-state index < -0.39 is 0 Å². The quantitative estimate of drug-likeness (QED) is 0.750. The van der Waals surface area contributed by atoms with Gasteiger partial charge in [0.2, 0.25) is 5.89 Å². The molecule has 3 aromatic rings. The summed E-state index contributed by atoms with van der Waals surface area (Å²) in [6, 6.07) is 16.2. The van der Waals surface area contributed by atoms with Crippen LogP contribution in [0.1, 0.15) is 5.89 Å². The molecule has 2 aromatic carbocycles. The molecule has 0 unspecified atom stereocenters. The fraction of sp³-hybridized carbons (Fsp3) is 0.0588. The molecule has 1 heterocycles. The lowest BCUT2D eigenvalue weighted by Crippen LogP contribution is -2.28. The number of rotatable bonds is 4. The monoisotopic (exact) mass is 327 g/mol. The Kier molecular flexibility index (Phi) is 4.59. The normalized spacial score (nSPS) is 10.3. The molecule has 0 aliphatic rings. The molecule has 5 nitrogen and oxygen atoms in total. The first-order valence-corrected chi connectivity index (χ1v) is 7.39. The summed E-state index contributed by atoms with van der Waals surface area (Å²) < 4.78 is 5.61. The summed E-state index contributed by atoms with van der Waals surface area (Å²) in [5.41, 5.74) is 1.60. The Morgan fingerprint density at radius 1 is 1.09 bits per heavy atom. The highest BCUT2D eigenvalue weighted by molar-refractivity contribution is 6.30. The number of hydrogen-bond acceptors (Lipinski definition) is 3. The van der Waals surface area contributed by atoms with E-state index in [2.05, 4.69) is 15.6 Å². The van der Waals surface area contributed by atoms with Gasteiger partial charge in [-0.25, -0.2) is 9.78 Å². The second-order valence-corrected chi connectivity index (χ2v) is 5.24. The minimum atomic E-state index is -0.341. The Hall–Kier alpha value is -2.79. The zero-order valence-electron chi connectivity index (χ0n) is 12.1. The van der Waals surface area contributed by atoms with E-state index in [1.165, 1.54) is 0 Å². The highest BCUT2D eigenvalue weighted by Gasteiger charge is 2.08. The molecule has 1 aromatic heterocycles. The van der Waals surface area contributed by atoms with Gasteiger partial charge in [-0.1, -0.05) is 41.9 Å². The van der Waals surface area contributed by atoms with E-state index >= 15 is 0 Å².